The number of methoxy groups -OCH3 is 1. The second kappa shape index (κ2) is 22.1. The van der Waals surface area contributed by atoms with Crippen LogP contribution >= 0.6 is 45.9 Å². The number of nitrogens with one attached hydrogen (secondary N) is 1. The molecule has 4 aromatic rings. The van der Waals surface area contributed by atoms with Gasteiger partial charge in [-0.15, -0.1) is 22.7 Å². The fourth-order valence-corrected chi connectivity index (χ4v) is 9.06. The Kier molecular flexibility index (Phi) is 16.1. The number of nitrogens with zero attached hydrogens (tertiary/aromatic N) is 5. The summed E-state index contributed by atoms with van der Waals surface area (Å²) in [6.07, 6.45) is 5.25. The minimum Gasteiger partial charge on any atom is -0.444 e. The topological polar surface area (TPSA) is 144 Å². The number of thiophene rings is 2. The molecule has 2 amide bonds. The standard InChI is InChI=1S/C22H22ClN3O4S.C17H13ClN2O3S.C6H13NO/c23-20-10-9-19(31-20)18(27)8-7-17-13-26(22(28)30-17)16-3-1-14(2-4-16)21-24-29-12-11-25(21)15-5-6-15;1-19-11-2-4-12(5-3-11)20-10-13(23-17(20)22)6-7-14(21)15-8-9-16(18)24-15;1-8-5-4-7-6-2-3-6/h1-4,9-10,15,17H,5-8,11-13H2;2-5,8-9,13H,6-7,10H2;6-7H,2-5H2,1H3/t17-;13-;/m00./s1. The number of benzene rings is 2. The van der Waals surface area contributed by atoms with E-state index in [0.29, 0.717) is 81.2 Å². The van der Waals surface area contributed by atoms with Gasteiger partial charge in [-0.1, -0.05) is 40.5 Å². The van der Waals surface area contributed by atoms with Gasteiger partial charge in [-0.25, -0.2) is 14.4 Å². The van der Waals surface area contributed by atoms with E-state index in [1.165, 1.54) is 53.3 Å². The van der Waals surface area contributed by atoms with Crippen LogP contribution in [0.15, 0.2) is 78.0 Å². The number of hydrogen-bond donors (Lipinski definition) is 1. The minimum atomic E-state index is -0.429. The molecule has 63 heavy (non-hydrogen) atoms. The highest BCUT2D eigenvalue weighted by Crippen LogP contribution is 2.32. The Bertz CT molecular complexity index is 2290. The lowest BCUT2D eigenvalue weighted by atomic mass is 10.1. The number of cyclic esters (lactones) is 2. The summed E-state index contributed by atoms with van der Waals surface area (Å²) in [5, 5.41) is 7.59. The van der Waals surface area contributed by atoms with E-state index in [0.717, 1.165) is 42.8 Å². The maximum Gasteiger partial charge on any atom is 0.414 e. The molecule has 2 atom stereocenters. The first-order chi connectivity index (χ1) is 30.6. The number of halogens is 2. The molecular formula is C45H48Cl2N6O8S2. The van der Waals surface area contributed by atoms with Crippen molar-refractivity contribution in [2.75, 3.05) is 56.3 Å². The lowest BCUT2D eigenvalue weighted by molar-refractivity contribution is 0.0939. The summed E-state index contributed by atoms with van der Waals surface area (Å²) in [4.78, 5) is 64.1. The number of carbonyl (C=O) groups is 4. The monoisotopic (exact) mass is 934 g/mol. The number of carbonyl (C=O) groups excluding carboxylic acids is 4. The van der Waals surface area contributed by atoms with Crippen molar-refractivity contribution >= 4 is 92.5 Å². The summed E-state index contributed by atoms with van der Waals surface area (Å²) in [5.41, 5.74) is 2.94. The van der Waals surface area contributed by atoms with E-state index in [2.05, 4.69) is 20.2 Å². The molecule has 0 bridgehead atoms. The molecule has 2 aromatic carbocycles. The van der Waals surface area contributed by atoms with Crippen LogP contribution in [0.25, 0.3) is 4.85 Å². The fourth-order valence-electron chi connectivity index (χ4n) is 7.04. The summed E-state index contributed by atoms with van der Waals surface area (Å²) in [5.74, 6) is 0.878. The third-order valence-corrected chi connectivity index (χ3v) is 13.3. The molecule has 3 aliphatic heterocycles. The summed E-state index contributed by atoms with van der Waals surface area (Å²) < 4.78 is 16.8. The predicted molar refractivity (Wildman–Crippen MR) is 245 cm³/mol. The van der Waals surface area contributed by atoms with E-state index in [9.17, 15) is 19.2 Å². The lowest BCUT2D eigenvalue weighted by Gasteiger charge is -2.28. The van der Waals surface area contributed by atoms with Crippen molar-refractivity contribution in [2.45, 2.75) is 75.7 Å². The largest absolute Gasteiger partial charge is 0.444 e. The number of amidine groups is 1. The van der Waals surface area contributed by atoms with E-state index < -0.39 is 6.09 Å². The van der Waals surface area contributed by atoms with Crippen LogP contribution in [0.1, 0.15) is 76.3 Å². The van der Waals surface area contributed by atoms with Crippen LogP contribution in [-0.2, 0) is 19.0 Å². The van der Waals surface area contributed by atoms with Crippen molar-refractivity contribution in [2.24, 2.45) is 5.16 Å². The number of amides is 2. The van der Waals surface area contributed by atoms with Gasteiger partial charge in [0.25, 0.3) is 0 Å². The molecule has 332 valence electrons. The van der Waals surface area contributed by atoms with Gasteiger partial charge in [-0.05, 0) is 99.2 Å². The van der Waals surface area contributed by atoms with E-state index in [4.69, 9.17) is 48.8 Å². The van der Waals surface area contributed by atoms with E-state index in [-0.39, 0.29) is 29.9 Å². The first-order valence-electron chi connectivity index (χ1n) is 20.9. The van der Waals surface area contributed by atoms with Gasteiger partial charge in [0.1, 0.15) is 18.8 Å². The Morgan fingerprint density at radius 3 is 1.81 bits per heavy atom. The SMILES string of the molecule is COCCNC1CC1.O=C(CC[C@H]1CN(c2ccc(C3=NOCCN3C3CC3)cc2)C(=O)O1)c1ccc(Cl)s1.[C-]#[N+]c1ccc(N2C[C@H](CCC(=O)c3ccc(Cl)s3)OC2=O)cc1. The molecule has 18 heteroatoms. The number of rotatable bonds is 16. The Morgan fingerprint density at radius 1 is 0.810 bits per heavy atom. The normalized spacial score (nSPS) is 19.1. The summed E-state index contributed by atoms with van der Waals surface area (Å²) in [6.45, 7) is 11.1. The first-order valence-corrected chi connectivity index (χ1v) is 23.3. The Labute approximate surface area is 384 Å². The van der Waals surface area contributed by atoms with Gasteiger partial charge in [0, 0.05) is 55.5 Å². The van der Waals surface area contributed by atoms with Gasteiger partial charge in [-0.3, -0.25) is 19.4 Å². The molecule has 2 saturated carbocycles. The second-order valence-corrected chi connectivity index (χ2v) is 18.9. The van der Waals surface area contributed by atoms with Crippen molar-refractivity contribution in [3.05, 3.63) is 108 Å². The predicted octanol–water partition coefficient (Wildman–Crippen LogP) is 9.87. The highest BCUT2D eigenvalue weighted by molar-refractivity contribution is 7.18. The third kappa shape index (κ3) is 13.0. The van der Waals surface area contributed by atoms with Crippen LogP contribution in [0.2, 0.25) is 8.67 Å². The van der Waals surface area contributed by atoms with Gasteiger partial charge in [0.05, 0.1) is 51.2 Å². The number of ether oxygens (including phenoxy) is 3. The van der Waals surface area contributed by atoms with Crippen molar-refractivity contribution in [3.63, 3.8) is 0 Å². The maximum atomic E-state index is 12.4. The molecule has 0 spiro atoms. The maximum absolute atomic E-state index is 12.4. The second-order valence-electron chi connectivity index (χ2n) is 15.4. The number of anilines is 2. The molecule has 9 rings (SSSR count). The quantitative estimate of drug-likeness (QED) is 0.0655. The van der Waals surface area contributed by atoms with E-state index in [1.807, 2.05) is 24.3 Å². The van der Waals surface area contributed by atoms with Crippen LogP contribution in [0.3, 0.4) is 0 Å². The molecule has 0 unspecified atom stereocenters. The first kappa shape index (κ1) is 46.0. The zero-order chi connectivity index (χ0) is 44.3. The Hall–Kier alpha value is -5.02. The van der Waals surface area contributed by atoms with Crippen molar-refractivity contribution in [3.8, 4) is 0 Å². The molecule has 1 N–H and O–H groups in total. The van der Waals surface area contributed by atoms with E-state index in [1.54, 1.807) is 60.5 Å². The van der Waals surface area contributed by atoms with Gasteiger partial charge in [0.2, 0.25) is 0 Å². The molecule has 2 aliphatic carbocycles. The van der Waals surface area contributed by atoms with Gasteiger partial charge >= 0.3 is 12.2 Å². The summed E-state index contributed by atoms with van der Waals surface area (Å²) in [6, 6.07) is 22.7. The molecule has 14 nitrogen and oxygen atoms in total. The van der Waals surface area contributed by atoms with Crippen LogP contribution in [0, 0.1) is 6.57 Å². The van der Waals surface area contributed by atoms with Crippen LogP contribution in [-0.4, -0.2) is 105 Å². The molecule has 2 saturated heterocycles. The van der Waals surface area contributed by atoms with Crippen LogP contribution in [0.5, 0.6) is 0 Å². The zero-order valence-corrected chi connectivity index (χ0v) is 37.9. The number of oxime groups is 1. The van der Waals surface area contributed by atoms with Crippen molar-refractivity contribution in [1.82, 2.24) is 10.2 Å². The molecule has 5 aliphatic rings. The zero-order valence-electron chi connectivity index (χ0n) is 34.7. The number of hydrogen-bond acceptors (Lipinski definition) is 13. The van der Waals surface area contributed by atoms with Crippen molar-refractivity contribution in [1.29, 1.82) is 0 Å². The van der Waals surface area contributed by atoms with Crippen molar-refractivity contribution < 1.29 is 38.2 Å². The highest BCUT2D eigenvalue weighted by atomic mass is 35.5. The molecular weight excluding hydrogens is 888 g/mol. The lowest BCUT2D eigenvalue weighted by Crippen LogP contribution is -2.39. The number of Topliss-reactive ketones (excluding diaryl/α,β-unsaturated/α-hetero) is 2. The fraction of sp³-hybridized carbons (Fsp3) is 0.422. The molecule has 4 fully saturated rings. The van der Waals surface area contributed by atoms with Gasteiger partial charge in [-0.2, -0.15) is 0 Å². The Morgan fingerprint density at radius 2 is 1.35 bits per heavy atom. The van der Waals surface area contributed by atoms with Gasteiger partial charge in [0.15, 0.2) is 23.1 Å². The summed E-state index contributed by atoms with van der Waals surface area (Å²) >= 11 is 14.3. The molecule has 2 aromatic heterocycles. The molecule has 0 radical (unpaired) electrons. The minimum absolute atomic E-state index is 0.00260. The van der Waals surface area contributed by atoms with Crippen LogP contribution in [0.4, 0.5) is 26.7 Å². The van der Waals surface area contributed by atoms with Crippen LogP contribution < -0.4 is 15.1 Å². The Balaban J connectivity index is 0.000000164. The third-order valence-electron chi connectivity index (χ3n) is 10.7. The number of ketones is 2. The highest BCUT2D eigenvalue weighted by Gasteiger charge is 2.36. The molecule has 5 heterocycles. The van der Waals surface area contributed by atoms with Gasteiger partial charge < -0.3 is 29.3 Å². The average Bonchev–Trinajstić information content (AvgIpc) is 4.15. The smallest absolute Gasteiger partial charge is 0.414 e. The average molecular weight is 936 g/mol. The summed E-state index contributed by atoms with van der Waals surface area (Å²) in [7, 11) is 1.73. The van der Waals surface area contributed by atoms with E-state index >= 15 is 0 Å².